The van der Waals surface area contributed by atoms with Crippen molar-refractivity contribution >= 4 is 5.91 Å². The number of ether oxygens (including phenoxy) is 1. The smallest absolute Gasteiger partial charge is 0.222 e. The number of hydrogen-bond donors (Lipinski definition) is 2. The Morgan fingerprint density at radius 3 is 3.33 bits per heavy atom. The van der Waals surface area contributed by atoms with E-state index in [-0.39, 0.29) is 11.9 Å². The quantitative estimate of drug-likeness (QED) is 0.724. The summed E-state index contributed by atoms with van der Waals surface area (Å²) < 4.78 is 7.21. The number of carbonyl (C=O) groups excluding carboxylic acids is 1. The molecule has 1 saturated heterocycles. The van der Waals surface area contributed by atoms with Gasteiger partial charge in [0.2, 0.25) is 5.91 Å². The second-order valence-corrected chi connectivity index (χ2v) is 4.24. The van der Waals surface area contributed by atoms with E-state index in [4.69, 9.17) is 4.74 Å². The van der Waals surface area contributed by atoms with Gasteiger partial charge in [0.25, 0.3) is 0 Å². The first-order chi connectivity index (χ1) is 8.79. The van der Waals surface area contributed by atoms with Crippen molar-refractivity contribution in [3.05, 3.63) is 12.2 Å². The third-order valence-electron chi connectivity index (χ3n) is 2.91. The van der Waals surface area contributed by atoms with Crippen LogP contribution in [0.1, 0.15) is 19.2 Å². The summed E-state index contributed by atoms with van der Waals surface area (Å²) in [5, 5.41) is 13.9. The molecule has 1 atom stereocenters. The third kappa shape index (κ3) is 3.51. The predicted molar refractivity (Wildman–Crippen MR) is 64.8 cm³/mol. The van der Waals surface area contributed by atoms with Crippen molar-refractivity contribution in [2.24, 2.45) is 0 Å². The summed E-state index contributed by atoms with van der Waals surface area (Å²) in [4.78, 5) is 11.7. The lowest BCUT2D eigenvalue weighted by Crippen LogP contribution is -2.44. The molecule has 1 unspecified atom stereocenters. The summed E-state index contributed by atoms with van der Waals surface area (Å²) >= 11 is 0. The molecule has 0 saturated carbocycles. The van der Waals surface area contributed by atoms with Gasteiger partial charge in [0.1, 0.15) is 6.33 Å². The Labute approximate surface area is 106 Å². The lowest BCUT2D eigenvalue weighted by molar-refractivity contribution is -0.122. The molecule has 0 bridgehead atoms. The summed E-state index contributed by atoms with van der Waals surface area (Å²) in [5.74, 6) is 0.780. The van der Waals surface area contributed by atoms with Gasteiger partial charge in [-0.2, -0.15) is 0 Å². The van der Waals surface area contributed by atoms with E-state index in [2.05, 4.69) is 20.8 Å². The van der Waals surface area contributed by atoms with Crippen molar-refractivity contribution in [1.82, 2.24) is 25.4 Å². The van der Waals surface area contributed by atoms with Crippen molar-refractivity contribution in [3.63, 3.8) is 0 Å². The Kier molecular flexibility index (Phi) is 4.66. The van der Waals surface area contributed by atoms with Crippen molar-refractivity contribution in [3.8, 4) is 0 Å². The van der Waals surface area contributed by atoms with Crippen LogP contribution < -0.4 is 10.6 Å². The minimum Gasteiger partial charge on any atom is -0.378 e. The van der Waals surface area contributed by atoms with E-state index in [1.807, 2.05) is 11.5 Å². The molecular weight excluding hydrogens is 234 g/mol. The van der Waals surface area contributed by atoms with Gasteiger partial charge in [-0.05, 0) is 6.92 Å². The monoisotopic (exact) mass is 253 g/mol. The number of aryl methyl sites for hydroxylation is 1. The maximum atomic E-state index is 11.7. The van der Waals surface area contributed by atoms with E-state index in [0.29, 0.717) is 19.6 Å². The highest BCUT2D eigenvalue weighted by Gasteiger charge is 2.16. The summed E-state index contributed by atoms with van der Waals surface area (Å²) in [7, 11) is 0. The van der Waals surface area contributed by atoms with Crippen LogP contribution in [0.25, 0.3) is 0 Å². The van der Waals surface area contributed by atoms with Gasteiger partial charge < -0.3 is 19.9 Å². The fraction of sp³-hybridized carbons (Fsp3) is 0.727. The molecule has 1 fully saturated rings. The molecule has 1 amide bonds. The van der Waals surface area contributed by atoms with Crippen LogP contribution in [0.3, 0.4) is 0 Å². The van der Waals surface area contributed by atoms with E-state index in [0.717, 1.165) is 25.5 Å². The van der Waals surface area contributed by atoms with E-state index in [1.54, 1.807) is 6.33 Å². The Balaban J connectivity index is 1.74. The average Bonchev–Trinajstić information content (AvgIpc) is 2.85. The second-order valence-electron chi connectivity index (χ2n) is 4.24. The van der Waals surface area contributed by atoms with Crippen molar-refractivity contribution in [2.75, 3.05) is 19.8 Å². The molecule has 7 nitrogen and oxygen atoms in total. The largest absolute Gasteiger partial charge is 0.378 e. The van der Waals surface area contributed by atoms with Crippen LogP contribution in [0, 0.1) is 0 Å². The molecule has 1 aromatic rings. The molecule has 100 valence electrons. The molecule has 0 spiro atoms. The van der Waals surface area contributed by atoms with Crippen LogP contribution in [0.5, 0.6) is 0 Å². The van der Waals surface area contributed by atoms with Crippen LogP contribution in [-0.4, -0.2) is 46.5 Å². The molecule has 0 radical (unpaired) electrons. The zero-order valence-electron chi connectivity index (χ0n) is 10.6. The number of aromatic nitrogens is 3. The van der Waals surface area contributed by atoms with Gasteiger partial charge in [-0.15, -0.1) is 10.2 Å². The maximum absolute atomic E-state index is 11.7. The highest BCUT2D eigenvalue weighted by molar-refractivity contribution is 5.76. The number of rotatable bonds is 5. The molecular formula is C11H19N5O2. The normalized spacial score (nSPS) is 19.7. The number of carbonyl (C=O) groups is 1. The molecule has 2 N–H and O–H groups in total. The lowest BCUT2D eigenvalue weighted by Gasteiger charge is -2.23. The molecule has 0 aromatic carbocycles. The zero-order valence-corrected chi connectivity index (χ0v) is 10.6. The first kappa shape index (κ1) is 13.0. The van der Waals surface area contributed by atoms with Crippen molar-refractivity contribution in [2.45, 2.75) is 32.5 Å². The van der Waals surface area contributed by atoms with Crippen LogP contribution in [0.15, 0.2) is 6.33 Å². The van der Waals surface area contributed by atoms with Crippen molar-refractivity contribution < 1.29 is 9.53 Å². The van der Waals surface area contributed by atoms with Gasteiger partial charge in [-0.25, -0.2) is 0 Å². The maximum Gasteiger partial charge on any atom is 0.222 e. The fourth-order valence-electron chi connectivity index (χ4n) is 1.90. The van der Waals surface area contributed by atoms with Gasteiger partial charge in [-0.3, -0.25) is 4.79 Å². The first-order valence-electron chi connectivity index (χ1n) is 6.24. The summed E-state index contributed by atoms with van der Waals surface area (Å²) in [5.41, 5.74) is 0. The highest BCUT2D eigenvalue weighted by Crippen LogP contribution is 1.99. The number of morpholine rings is 1. The van der Waals surface area contributed by atoms with Crippen LogP contribution in [0.2, 0.25) is 0 Å². The number of nitrogens with zero attached hydrogens (tertiary/aromatic N) is 3. The molecule has 1 aliphatic heterocycles. The Morgan fingerprint density at radius 2 is 2.61 bits per heavy atom. The molecule has 7 heteroatoms. The Bertz CT molecular complexity index is 387. The molecule has 0 aliphatic carbocycles. The number of nitrogens with one attached hydrogen (secondary N) is 2. The SMILES string of the molecule is CCn1cnnc1CNC(=O)CC1COCCN1. The third-order valence-corrected chi connectivity index (χ3v) is 2.91. The van der Waals surface area contributed by atoms with Gasteiger partial charge in [0.05, 0.1) is 19.8 Å². The zero-order chi connectivity index (χ0) is 12.8. The van der Waals surface area contributed by atoms with Gasteiger partial charge in [0.15, 0.2) is 5.82 Å². The second kappa shape index (κ2) is 6.46. The van der Waals surface area contributed by atoms with Crippen LogP contribution >= 0.6 is 0 Å². The standard InChI is InChI=1S/C11H19N5O2/c1-2-16-8-14-15-10(16)6-13-11(17)5-9-7-18-4-3-12-9/h8-9,12H,2-7H2,1H3,(H,13,17). The van der Waals surface area contributed by atoms with Gasteiger partial charge in [0, 0.05) is 25.6 Å². The van der Waals surface area contributed by atoms with Gasteiger partial charge >= 0.3 is 0 Å². The first-order valence-corrected chi connectivity index (χ1v) is 6.24. The van der Waals surface area contributed by atoms with Gasteiger partial charge in [-0.1, -0.05) is 0 Å². The van der Waals surface area contributed by atoms with E-state index in [9.17, 15) is 4.79 Å². The van der Waals surface area contributed by atoms with Crippen LogP contribution in [0.4, 0.5) is 0 Å². The Morgan fingerprint density at radius 1 is 1.72 bits per heavy atom. The number of hydrogen-bond acceptors (Lipinski definition) is 5. The predicted octanol–water partition coefficient (Wildman–Crippen LogP) is -0.707. The Hall–Kier alpha value is -1.47. The summed E-state index contributed by atoms with van der Waals surface area (Å²) in [6.07, 6.45) is 2.10. The summed E-state index contributed by atoms with van der Waals surface area (Å²) in [6.45, 7) is 5.35. The van der Waals surface area contributed by atoms with E-state index < -0.39 is 0 Å². The van der Waals surface area contributed by atoms with Crippen molar-refractivity contribution in [1.29, 1.82) is 0 Å². The molecule has 1 aliphatic rings. The minimum atomic E-state index is 0.00338. The minimum absolute atomic E-state index is 0.00338. The topological polar surface area (TPSA) is 81.1 Å². The molecule has 1 aromatic heterocycles. The molecule has 18 heavy (non-hydrogen) atoms. The highest BCUT2D eigenvalue weighted by atomic mass is 16.5. The molecule has 2 rings (SSSR count). The number of amides is 1. The average molecular weight is 253 g/mol. The lowest BCUT2D eigenvalue weighted by atomic mass is 10.2. The van der Waals surface area contributed by atoms with Crippen LogP contribution in [-0.2, 0) is 22.6 Å². The van der Waals surface area contributed by atoms with E-state index >= 15 is 0 Å². The van der Waals surface area contributed by atoms with E-state index in [1.165, 1.54) is 0 Å². The molecule has 2 heterocycles. The fourth-order valence-corrected chi connectivity index (χ4v) is 1.90. The summed E-state index contributed by atoms with van der Waals surface area (Å²) in [6, 6.07) is 0.114.